The van der Waals surface area contributed by atoms with E-state index in [0.717, 1.165) is 21.5 Å². The number of benzene rings is 3. The molecule has 0 spiro atoms. The van der Waals surface area contributed by atoms with Gasteiger partial charge in [0.2, 0.25) is 0 Å². The molecule has 8 nitrogen and oxygen atoms in total. The monoisotopic (exact) mass is 671 g/mol. The molecule has 0 aliphatic rings. The Labute approximate surface area is 248 Å². The van der Waals surface area contributed by atoms with Crippen LogP contribution in [0.4, 0.5) is 0 Å². The Morgan fingerprint density at radius 3 is 2.44 bits per heavy atom. The number of phenolic OH excluding ortho intramolecular Hbond substituents is 1. The Bertz CT molecular complexity index is 1500. The summed E-state index contributed by atoms with van der Waals surface area (Å²) < 4.78 is 8.51. The topological polar surface area (TPSA) is 102 Å². The molecule has 0 atom stereocenters. The van der Waals surface area contributed by atoms with E-state index >= 15 is 0 Å². The van der Waals surface area contributed by atoms with E-state index < -0.39 is 0 Å². The Balaban J connectivity index is 1.55. The van der Waals surface area contributed by atoms with Crippen LogP contribution in [0.1, 0.15) is 31.9 Å². The molecule has 202 valence electrons. The van der Waals surface area contributed by atoms with Crippen LogP contribution in [0.25, 0.3) is 17.1 Å². The van der Waals surface area contributed by atoms with Gasteiger partial charge in [0.15, 0.2) is 11.0 Å². The Morgan fingerprint density at radius 2 is 1.79 bits per heavy atom. The van der Waals surface area contributed by atoms with Crippen LogP contribution < -0.4 is 10.2 Å². The Hall–Kier alpha value is -3.15. The summed E-state index contributed by atoms with van der Waals surface area (Å²) >= 11 is 7.89. The predicted molar refractivity (Wildman–Crippen MR) is 162 cm³/mol. The largest absolute Gasteiger partial charge is 0.506 e. The summed E-state index contributed by atoms with van der Waals surface area (Å²) in [7, 11) is 1.62. The number of amides is 1. The van der Waals surface area contributed by atoms with Crippen LogP contribution in [0, 0.1) is 0 Å². The number of aromatic nitrogens is 3. The molecule has 2 N–H and O–H groups in total. The maximum Gasteiger partial charge on any atom is 0.250 e. The highest BCUT2D eigenvalue weighted by molar-refractivity contribution is 9.11. The summed E-state index contributed by atoms with van der Waals surface area (Å²) in [4.78, 5) is 12.6. The average molecular weight is 673 g/mol. The van der Waals surface area contributed by atoms with Crippen molar-refractivity contribution in [1.29, 1.82) is 0 Å². The fourth-order valence-corrected chi connectivity index (χ4v) is 5.66. The second kappa shape index (κ2) is 12.4. The molecule has 39 heavy (non-hydrogen) atoms. The van der Waals surface area contributed by atoms with Crippen LogP contribution in [0.2, 0.25) is 0 Å². The van der Waals surface area contributed by atoms with Crippen LogP contribution in [0.15, 0.2) is 79.9 Å². The van der Waals surface area contributed by atoms with Crippen molar-refractivity contribution < 1.29 is 14.6 Å². The average Bonchev–Trinajstić information content (AvgIpc) is 3.33. The van der Waals surface area contributed by atoms with Crippen LogP contribution in [0.5, 0.6) is 11.5 Å². The Kier molecular flexibility index (Phi) is 9.14. The lowest BCUT2D eigenvalue weighted by atomic mass is 9.87. The number of halogens is 2. The van der Waals surface area contributed by atoms with Gasteiger partial charge in [-0.1, -0.05) is 72.7 Å². The second-order valence-electron chi connectivity index (χ2n) is 9.57. The minimum Gasteiger partial charge on any atom is -0.506 e. The molecule has 3 aromatic carbocycles. The maximum atomic E-state index is 12.6. The number of methoxy groups -OCH3 is 1. The van der Waals surface area contributed by atoms with E-state index in [-0.39, 0.29) is 22.8 Å². The van der Waals surface area contributed by atoms with Crippen molar-refractivity contribution in [2.75, 3.05) is 12.9 Å². The van der Waals surface area contributed by atoms with Gasteiger partial charge in [-0.3, -0.25) is 9.36 Å². The number of carbonyl (C=O) groups is 1. The second-order valence-corrected chi connectivity index (χ2v) is 12.3. The number of carbonyl (C=O) groups excluding carboxylic acids is 1. The quantitative estimate of drug-likeness (QED) is 0.123. The van der Waals surface area contributed by atoms with E-state index in [1.54, 1.807) is 19.2 Å². The highest BCUT2D eigenvalue weighted by atomic mass is 79.9. The molecule has 4 aromatic rings. The summed E-state index contributed by atoms with van der Waals surface area (Å²) in [6.45, 7) is 6.52. The van der Waals surface area contributed by atoms with Crippen molar-refractivity contribution >= 4 is 55.7 Å². The molecular formula is C28H27Br2N5O3S. The van der Waals surface area contributed by atoms with Crippen molar-refractivity contribution in [2.45, 2.75) is 31.3 Å². The highest BCUT2D eigenvalue weighted by Gasteiger charge is 2.19. The molecule has 0 fully saturated rings. The smallest absolute Gasteiger partial charge is 0.250 e. The van der Waals surface area contributed by atoms with E-state index in [1.165, 1.54) is 23.5 Å². The third kappa shape index (κ3) is 7.09. The molecule has 0 bridgehead atoms. The van der Waals surface area contributed by atoms with Crippen molar-refractivity contribution in [3.63, 3.8) is 0 Å². The minimum absolute atomic E-state index is 0.0289. The van der Waals surface area contributed by atoms with Gasteiger partial charge in [0.1, 0.15) is 11.5 Å². The first kappa shape index (κ1) is 28.8. The maximum absolute atomic E-state index is 12.6. The lowest BCUT2D eigenvalue weighted by molar-refractivity contribution is -0.118. The Morgan fingerprint density at radius 1 is 1.10 bits per heavy atom. The summed E-state index contributed by atoms with van der Waals surface area (Å²) in [5.41, 5.74) is 5.95. The van der Waals surface area contributed by atoms with E-state index in [2.05, 4.69) is 85.5 Å². The van der Waals surface area contributed by atoms with E-state index in [9.17, 15) is 9.90 Å². The molecule has 0 saturated carbocycles. The number of nitrogens with zero attached hydrogens (tertiary/aromatic N) is 4. The standard InChI is InChI=1S/C28H27Br2N5O3S/c1-28(2,3)19-7-5-17(6-8-19)26-33-34-27(35(26)21-9-11-22(38-4)12-10-21)39-16-24(36)32-31-15-18-13-20(29)14-23(30)25(18)37/h5-15,37H,16H2,1-4H3,(H,32,36)/b31-15+. The SMILES string of the molecule is COc1ccc(-n2c(SCC(=O)N/N=C/c3cc(Br)cc(Br)c3O)nnc2-c2ccc(C(C)(C)C)cc2)cc1. The number of aromatic hydroxyl groups is 1. The summed E-state index contributed by atoms with van der Waals surface area (Å²) in [5.74, 6) is 1.16. The molecule has 4 rings (SSSR count). The molecule has 1 amide bonds. The van der Waals surface area contributed by atoms with Gasteiger partial charge in [-0.15, -0.1) is 10.2 Å². The van der Waals surface area contributed by atoms with E-state index in [0.29, 0.717) is 21.0 Å². The van der Waals surface area contributed by atoms with Crippen molar-refractivity contribution in [3.05, 3.63) is 80.7 Å². The van der Waals surface area contributed by atoms with Crippen molar-refractivity contribution in [1.82, 2.24) is 20.2 Å². The molecule has 0 radical (unpaired) electrons. The van der Waals surface area contributed by atoms with Crippen LogP contribution in [-0.4, -0.2) is 44.9 Å². The fraction of sp³-hybridized carbons (Fsp3) is 0.214. The summed E-state index contributed by atoms with van der Waals surface area (Å²) in [5, 5.41) is 23.6. The zero-order valence-electron chi connectivity index (χ0n) is 21.8. The first-order chi connectivity index (χ1) is 18.6. The number of thioether (sulfide) groups is 1. The number of ether oxygens (including phenoxy) is 1. The van der Waals surface area contributed by atoms with Gasteiger partial charge in [0.05, 0.1) is 23.5 Å². The summed E-state index contributed by atoms with van der Waals surface area (Å²) in [6, 6.07) is 19.3. The molecule has 1 heterocycles. The van der Waals surface area contributed by atoms with Gasteiger partial charge in [-0.25, -0.2) is 5.43 Å². The molecule has 0 aliphatic carbocycles. The number of phenols is 1. The molecule has 0 saturated heterocycles. The predicted octanol–water partition coefficient (Wildman–Crippen LogP) is 6.71. The number of rotatable bonds is 8. The lowest BCUT2D eigenvalue weighted by Crippen LogP contribution is -2.20. The van der Waals surface area contributed by atoms with Crippen LogP contribution >= 0.6 is 43.6 Å². The van der Waals surface area contributed by atoms with Gasteiger partial charge >= 0.3 is 0 Å². The number of hydrogen-bond donors (Lipinski definition) is 2. The summed E-state index contributed by atoms with van der Waals surface area (Å²) in [6.07, 6.45) is 1.38. The fourth-order valence-electron chi connectivity index (χ4n) is 3.65. The van der Waals surface area contributed by atoms with Gasteiger partial charge in [-0.05, 0) is 63.3 Å². The van der Waals surface area contributed by atoms with Gasteiger partial charge in [0, 0.05) is 21.3 Å². The van der Waals surface area contributed by atoms with Gasteiger partial charge < -0.3 is 9.84 Å². The van der Waals surface area contributed by atoms with Crippen LogP contribution in [0.3, 0.4) is 0 Å². The van der Waals surface area contributed by atoms with Gasteiger partial charge in [-0.2, -0.15) is 5.10 Å². The molecule has 11 heteroatoms. The zero-order valence-corrected chi connectivity index (χ0v) is 25.8. The van der Waals surface area contributed by atoms with E-state index in [1.807, 2.05) is 41.0 Å². The number of hydrazone groups is 1. The molecule has 0 unspecified atom stereocenters. The molecular weight excluding hydrogens is 646 g/mol. The molecule has 0 aliphatic heterocycles. The van der Waals surface area contributed by atoms with Crippen molar-refractivity contribution in [2.24, 2.45) is 5.10 Å². The molecule has 1 aromatic heterocycles. The third-order valence-corrected chi connectivity index (χ3v) is 7.75. The first-order valence-electron chi connectivity index (χ1n) is 11.9. The normalized spacial score (nSPS) is 11.6. The lowest BCUT2D eigenvalue weighted by Gasteiger charge is -2.19. The van der Waals surface area contributed by atoms with E-state index in [4.69, 9.17) is 4.74 Å². The van der Waals surface area contributed by atoms with Crippen LogP contribution in [-0.2, 0) is 10.2 Å². The van der Waals surface area contributed by atoms with Gasteiger partial charge in [0.25, 0.3) is 5.91 Å². The third-order valence-electron chi connectivity index (χ3n) is 5.76. The highest BCUT2D eigenvalue weighted by Crippen LogP contribution is 2.32. The minimum atomic E-state index is -0.329. The number of nitrogens with one attached hydrogen (secondary N) is 1. The first-order valence-corrected chi connectivity index (χ1v) is 14.5. The van der Waals surface area contributed by atoms with Crippen molar-refractivity contribution in [3.8, 4) is 28.6 Å². The zero-order chi connectivity index (χ0) is 28.2. The number of hydrogen-bond acceptors (Lipinski definition) is 7.